The quantitative estimate of drug-likeness (QED) is 0.737. The summed E-state index contributed by atoms with van der Waals surface area (Å²) in [6.45, 7) is 0. The Hall–Kier alpha value is -1.55. The number of rotatable bonds is 1. The van der Waals surface area contributed by atoms with Crippen molar-refractivity contribution >= 4 is 11.6 Å². The molecule has 0 bridgehead atoms. The number of hydrogen-bond donors (Lipinski definition) is 0. The second kappa shape index (κ2) is 4.37. The molecule has 0 unspecified atom stereocenters. The summed E-state index contributed by atoms with van der Waals surface area (Å²) < 4.78 is 38.4. The Kier molecular flexibility index (Phi) is 3.07. The van der Waals surface area contributed by atoms with Gasteiger partial charge in [0, 0.05) is 23.0 Å². The molecule has 17 heavy (non-hydrogen) atoms. The van der Waals surface area contributed by atoms with Crippen molar-refractivity contribution in [3.63, 3.8) is 0 Å². The molecule has 0 saturated carbocycles. The van der Waals surface area contributed by atoms with E-state index in [1.165, 1.54) is 24.5 Å². The fraction of sp³-hybridized carbons (Fsp3) is 0.0833. The highest BCUT2D eigenvalue weighted by molar-refractivity contribution is 6.30. The van der Waals surface area contributed by atoms with Crippen LogP contribution in [0.5, 0.6) is 0 Å². The summed E-state index contributed by atoms with van der Waals surface area (Å²) in [5, 5.41) is 0.261. The smallest absolute Gasteiger partial charge is 0.264 e. The van der Waals surface area contributed by atoms with Crippen LogP contribution in [0, 0.1) is 0 Å². The number of benzene rings is 1. The molecule has 0 aliphatic carbocycles. The van der Waals surface area contributed by atoms with Gasteiger partial charge in [0.05, 0.1) is 5.56 Å². The molecule has 2 aromatic rings. The van der Waals surface area contributed by atoms with Crippen molar-refractivity contribution in [1.82, 2.24) is 4.98 Å². The fourth-order valence-electron chi connectivity index (χ4n) is 1.52. The van der Waals surface area contributed by atoms with Gasteiger partial charge < -0.3 is 0 Å². The molecule has 0 spiro atoms. The van der Waals surface area contributed by atoms with Gasteiger partial charge in [-0.25, -0.2) is 0 Å². The first-order chi connectivity index (χ1) is 7.98. The van der Waals surface area contributed by atoms with Crippen molar-refractivity contribution in [2.75, 3.05) is 0 Å². The molecule has 0 radical (unpaired) electrons. The van der Waals surface area contributed by atoms with Crippen LogP contribution in [-0.4, -0.2) is 4.98 Å². The topological polar surface area (TPSA) is 12.9 Å². The van der Waals surface area contributed by atoms with Crippen molar-refractivity contribution in [3.8, 4) is 11.1 Å². The molecule has 1 heterocycles. The number of alkyl halides is 3. The van der Waals surface area contributed by atoms with E-state index in [0.29, 0.717) is 5.56 Å². The van der Waals surface area contributed by atoms with E-state index in [0.717, 1.165) is 6.07 Å². The highest BCUT2D eigenvalue weighted by atomic mass is 35.5. The number of pyridine rings is 1. The SMILES string of the molecule is FC(F)(F)c1ccc(Cl)cc1-c1cccnc1. The minimum Gasteiger partial charge on any atom is -0.264 e. The summed E-state index contributed by atoms with van der Waals surface area (Å²) in [6.07, 6.45) is -1.53. The maximum atomic E-state index is 12.8. The number of aromatic nitrogens is 1. The maximum Gasteiger partial charge on any atom is 0.417 e. The Labute approximate surface area is 101 Å². The lowest BCUT2D eigenvalue weighted by Crippen LogP contribution is -2.07. The van der Waals surface area contributed by atoms with E-state index in [1.807, 2.05) is 0 Å². The van der Waals surface area contributed by atoms with E-state index in [9.17, 15) is 13.2 Å². The first kappa shape index (κ1) is 11.9. The molecule has 1 nitrogen and oxygen atoms in total. The number of nitrogens with zero attached hydrogens (tertiary/aromatic N) is 1. The van der Waals surface area contributed by atoms with Crippen molar-refractivity contribution in [2.45, 2.75) is 6.18 Å². The lowest BCUT2D eigenvalue weighted by molar-refractivity contribution is -0.137. The minimum absolute atomic E-state index is 0.0399. The zero-order valence-corrected chi connectivity index (χ0v) is 9.26. The third-order valence-electron chi connectivity index (χ3n) is 2.26. The lowest BCUT2D eigenvalue weighted by atomic mass is 10.0. The Morgan fingerprint density at radius 3 is 2.47 bits per heavy atom. The van der Waals surface area contributed by atoms with E-state index >= 15 is 0 Å². The van der Waals surface area contributed by atoms with Crippen LogP contribution in [-0.2, 0) is 6.18 Å². The molecule has 88 valence electrons. The predicted molar refractivity (Wildman–Crippen MR) is 59.7 cm³/mol. The molecular weight excluding hydrogens is 251 g/mol. The Bertz CT molecular complexity index is 523. The largest absolute Gasteiger partial charge is 0.417 e. The predicted octanol–water partition coefficient (Wildman–Crippen LogP) is 4.42. The fourth-order valence-corrected chi connectivity index (χ4v) is 1.70. The second-order valence-electron chi connectivity index (χ2n) is 3.43. The molecule has 0 aliphatic rings. The highest BCUT2D eigenvalue weighted by Gasteiger charge is 2.33. The third kappa shape index (κ3) is 2.58. The standard InChI is InChI=1S/C12H7ClF3N/c13-9-3-4-11(12(14,15)16)10(6-9)8-2-1-5-17-7-8/h1-7H. The van der Waals surface area contributed by atoms with Crippen LogP contribution >= 0.6 is 11.6 Å². The first-order valence-electron chi connectivity index (χ1n) is 4.75. The van der Waals surface area contributed by atoms with Gasteiger partial charge in [0.25, 0.3) is 0 Å². The molecule has 5 heteroatoms. The van der Waals surface area contributed by atoms with Crippen LogP contribution in [0.2, 0.25) is 5.02 Å². The van der Waals surface area contributed by atoms with Gasteiger partial charge in [0.15, 0.2) is 0 Å². The van der Waals surface area contributed by atoms with Gasteiger partial charge in [0.2, 0.25) is 0 Å². The summed E-state index contributed by atoms with van der Waals surface area (Å²) >= 11 is 5.73. The third-order valence-corrected chi connectivity index (χ3v) is 2.49. The zero-order chi connectivity index (χ0) is 12.5. The first-order valence-corrected chi connectivity index (χ1v) is 5.13. The Morgan fingerprint density at radius 1 is 1.12 bits per heavy atom. The van der Waals surface area contributed by atoms with E-state index < -0.39 is 11.7 Å². The van der Waals surface area contributed by atoms with Gasteiger partial charge >= 0.3 is 6.18 Å². The molecule has 0 aliphatic heterocycles. The monoisotopic (exact) mass is 257 g/mol. The molecule has 0 saturated heterocycles. The van der Waals surface area contributed by atoms with Crippen molar-refractivity contribution in [3.05, 3.63) is 53.3 Å². The molecule has 0 atom stereocenters. The van der Waals surface area contributed by atoms with E-state index in [2.05, 4.69) is 4.98 Å². The molecule has 1 aromatic carbocycles. The van der Waals surface area contributed by atoms with E-state index in [1.54, 1.807) is 12.1 Å². The Balaban J connectivity index is 2.64. The highest BCUT2D eigenvalue weighted by Crippen LogP contribution is 2.38. The zero-order valence-electron chi connectivity index (χ0n) is 8.50. The molecule has 0 amide bonds. The van der Waals surface area contributed by atoms with Crippen molar-refractivity contribution in [1.29, 1.82) is 0 Å². The van der Waals surface area contributed by atoms with Gasteiger partial charge in [-0.3, -0.25) is 4.98 Å². The average molecular weight is 258 g/mol. The van der Waals surface area contributed by atoms with E-state index in [-0.39, 0.29) is 10.6 Å². The van der Waals surface area contributed by atoms with Gasteiger partial charge in [-0.2, -0.15) is 13.2 Å². The molecule has 0 N–H and O–H groups in total. The molecule has 0 fully saturated rings. The minimum atomic E-state index is -4.41. The summed E-state index contributed by atoms with van der Waals surface area (Å²) in [6, 6.07) is 6.64. The van der Waals surface area contributed by atoms with Gasteiger partial charge in [-0.05, 0) is 29.8 Å². The van der Waals surface area contributed by atoms with Crippen LogP contribution in [0.15, 0.2) is 42.7 Å². The van der Waals surface area contributed by atoms with E-state index in [4.69, 9.17) is 11.6 Å². The summed E-state index contributed by atoms with van der Waals surface area (Å²) in [7, 11) is 0. The van der Waals surface area contributed by atoms with Crippen LogP contribution in [0.3, 0.4) is 0 Å². The number of halogens is 4. The summed E-state index contributed by atoms with van der Waals surface area (Å²) in [5.41, 5.74) is -0.282. The normalized spacial score (nSPS) is 11.5. The molecular formula is C12H7ClF3N. The van der Waals surface area contributed by atoms with Crippen molar-refractivity contribution in [2.24, 2.45) is 0 Å². The van der Waals surface area contributed by atoms with Crippen LogP contribution in [0.1, 0.15) is 5.56 Å². The molecule has 2 rings (SSSR count). The Morgan fingerprint density at radius 2 is 1.88 bits per heavy atom. The lowest BCUT2D eigenvalue weighted by Gasteiger charge is -2.12. The van der Waals surface area contributed by atoms with Gasteiger partial charge in [-0.1, -0.05) is 17.7 Å². The van der Waals surface area contributed by atoms with Crippen LogP contribution < -0.4 is 0 Å². The summed E-state index contributed by atoms with van der Waals surface area (Å²) in [4.78, 5) is 3.80. The van der Waals surface area contributed by atoms with Crippen molar-refractivity contribution < 1.29 is 13.2 Å². The van der Waals surface area contributed by atoms with Gasteiger partial charge in [0.1, 0.15) is 0 Å². The van der Waals surface area contributed by atoms with Crippen LogP contribution in [0.25, 0.3) is 11.1 Å². The summed E-state index contributed by atoms with van der Waals surface area (Å²) in [5.74, 6) is 0. The van der Waals surface area contributed by atoms with Gasteiger partial charge in [-0.15, -0.1) is 0 Å². The van der Waals surface area contributed by atoms with Crippen LogP contribution in [0.4, 0.5) is 13.2 Å². The average Bonchev–Trinajstić information content (AvgIpc) is 2.28. The second-order valence-corrected chi connectivity index (χ2v) is 3.87. The molecule has 1 aromatic heterocycles. The maximum absolute atomic E-state index is 12.8. The number of hydrogen-bond acceptors (Lipinski definition) is 1.